The van der Waals surface area contributed by atoms with Gasteiger partial charge in [0.1, 0.15) is 5.82 Å². The molecule has 0 amide bonds. The minimum absolute atomic E-state index is 0.216. The maximum atomic E-state index is 10.6. The Balaban J connectivity index is 0.000000441. The first kappa shape index (κ1) is 18.4. The number of H-pyrrole nitrogens is 1. The zero-order valence-corrected chi connectivity index (χ0v) is 11.1. The van der Waals surface area contributed by atoms with E-state index < -0.39 is 22.3 Å². The minimum Gasteiger partial charge on any atom is -0.475 e. The second kappa shape index (κ2) is 7.24. The lowest BCUT2D eigenvalue weighted by atomic mass is 10.3. The maximum Gasteiger partial charge on any atom is 0.490 e. The normalized spacial score (nSPS) is 11.7. The monoisotopic (exact) mass is 318 g/mol. The van der Waals surface area contributed by atoms with Gasteiger partial charge in [0, 0.05) is 12.6 Å². The van der Waals surface area contributed by atoms with Crippen LogP contribution in [0, 0.1) is 6.92 Å². The van der Waals surface area contributed by atoms with Gasteiger partial charge < -0.3 is 10.1 Å². The largest absolute Gasteiger partial charge is 0.490 e. The number of carboxylic acid groups (broad SMARTS) is 1. The first-order chi connectivity index (χ1) is 8.92. The lowest BCUT2D eigenvalue weighted by Crippen LogP contribution is -2.21. The number of imidazole rings is 1. The maximum absolute atomic E-state index is 10.6. The number of halogens is 3. The third kappa shape index (κ3) is 9.33. The van der Waals surface area contributed by atoms with Crippen LogP contribution >= 0.6 is 0 Å². The summed E-state index contributed by atoms with van der Waals surface area (Å²) in [4.78, 5) is 15.9. The molecule has 7 nitrogen and oxygen atoms in total. The van der Waals surface area contributed by atoms with Crippen molar-refractivity contribution in [2.45, 2.75) is 25.9 Å². The van der Waals surface area contributed by atoms with Crippen LogP contribution in [0.3, 0.4) is 0 Å². The molecular formula is C9H13F3N2O5S. The van der Waals surface area contributed by atoms with Crippen LogP contribution in [0.5, 0.6) is 0 Å². The van der Waals surface area contributed by atoms with Gasteiger partial charge in [0.25, 0.3) is 10.1 Å². The molecule has 1 rings (SSSR count). The molecule has 0 aromatic carbocycles. The highest BCUT2D eigenvalue weighted by Crippen LogP contribution is 2.13. The molecule has 0 radical (unpaired) electrons. The summed E-state index contributed by atoms with van der Waals surface area (Å²) in [5, 5.41) is 7.12. The Morgan fingerprint density at radius 2 is 1.95 bits per heavy atom. The fraction of sp³-hybridized carbons (Fsp3) is 0.556. The molecule has 0 bridgehead atoms. The molecule has 0 spiro atoms. The minimum atomic E-state index is -5.08. The van der Waals surface area contributed by atoms with Crippen molar-refractivity contribution in [1.29, 1.82) is 0 Å². The standard InChI is InChI=1S/C7H12N2O3S.C2HF3O2/c1-6-5-8-7(9-6)3-2-4-13(10,11)12;3-2(4,5)1(6)7/h5H,2-4H2,1H3,(H,8,9)(H,10,11,12);(H,6,7). The highest BCUT2D eigenvalue weighted by Gasteiger charge is 2.38. The van der Waals surface area contributed by atoms with E-state index in [-0.39, 0.29) is 5.75 Å². The molecule has 11 heteroatoms. The molecule has 116 valence electrons. The zero-order valence-electron chi connectivity index (χ0n) is 10.3. The number of aryl methyl sites for hydroxylation is 2. The number of nitrogens with zero attached hydrogens (tertiary/aromatic N) is 1. The Bertz CT molecular complexity index is 538. The van der Waals surface area contributed by atoms with E-state index in [1.54, 1.807) is 6.20 Å². The smallest absolute Gasteiger partial charge is 0.475 e. The second-order valence-electron chi connectivity index (χ2n) is 3.68. The van der Waals surface area contributed by atoms with Crippen molar-refractivity contribution in [1.82, 2.24) is 9.97 Å². The Labute approximate surface area is 112 Å². The van der Waals surface area contributed by atoms with Crippen molar-refractivity contribution in [3.63, 3.8) is 0 Å². The van der Waals surface area contributed by atoms with Crippen molar-refractivity contribution < 1.29 is 36.0 Å². The highest BCUT2D eigenvalue weighted by atomic mass is 32.2. The number of carbonyl (C=O) groups is 1. The van der Waals surface area contributed by atoms with Gasteiger partial charge in [-0.05, 0) is 13.3 Å². The highest BCUT2D eigenvalue weighted by molar-refractivity contribution is 7.85. The van der Waals surface area contributed by atoms with Crippen LogP contribution < -0.4 is 0 Å². The van der Waals surface area contributed by atoms with E-state index in [4.69, 9.17) is 14.5 Å². The topological polar surface area (TPSA) is 120 Å². The number of carboxylic acids is 1. The van der Waals surface area contributed by atoms with Gasteiger partial charge in [-0.3, -0.25) is 4.55 Å². The van der Waals surface area contributed by atoms with Crippen molar-refractivity contribution >= 4 is 16.1 Å². The fourth-order valence-corrected chi connectivity index (χ4v) is 1.52. The summed E-state index contributed by atoms with van der Waals surface area (Å²) in [5.74, 6) is -2.22. The van der Waals surface area contributed by atoms with Crippen molar-refractivity contribution in [3.05, 3.63) is 17.7 Å². The number of nitrogens with one attached hydrogen (secondary N) is 1. The van der Waals surface area contributed by atoms with E-state index in [0.717, 1.165) is 11.5 Å². The van der Waals surface area contributed by atoms with Crippen LogP contribution in [0.25, 0.3) is 0 Å². The second-order valence-corrected chi connectivity index (χ2v) is 5.25. The predicted molar refractivity (Wildman–Crippen MR) is 61.8 cm³/mol. The van der Waals surface area contributed by atoms with Gasteiger partial charge in [-0.1, -0.05) is 0 Å². The van der Waals surface area contributed by atoms with Gasteiger partial charge in [0.15, 0.2) is 0 Å². The van der Waals surface area contributed by atoms with Crippen LogP contribution in [0.15, 0.2) is 6.20 Å². The summed E-state index contributed by atoms with van der Waals surface area (Å²) < 4.78 is 60.9. The Hall–Kier alpha value is -1.62. The molecule has 3 N–H and O–H groups in total. The fourth-order valence-electron chi connectivity index (χ4n) is 1.02. The van der Waals surface area contributed by atoms with Gasteiger partial charge in [-0.15, -0.1) is 0 Å². The lowest BCUT2D eigenvalue weighted by molar-refractivity contribution is -0.192. The van der Waals surface area contributed by atoms with Crippen molar-refractivity contribution in [2.75, 3.05) is 5.75 Å². The van der Waals surface area contributed by atoms with Crippen LogP contribution in [0.4, 0.5) is 13.2 Å². The quantitative estimate of drug-likeness (QED) is 0.717. The van der Waals surface area contributed by atoms with E-state index in [1.807, 2.05) is 6.92 Å². The van der Waals surface area contributed by atoms with E-state index >= 15 is 0 Å². The molecule has 0 aliphatic rings. The first-order valence-corrected chi connectivity index (χ1v) is 6.79. The Morgan fingerprint density at radius 1 is 1.45 bits per heavy atom. The van der Waals surface area contributed by atoms with Gasteiger partial charge in [-0.25, -0.2) is 9.78 Å². The van der Waals surface area contributed by atoms with E-state index in [9.17, 15) is 21.6 Å². The molecule has 0 aliphatic heterocycles. The van der Waals surface area contributed by atoms with Crippen molar-refractivity contribution in [2.24, 2.45) is 0 Å². The summed E-state index contributed by atoms with van der Waals surface area (Å²) >= 11 is 0. The molecule has 1 heterocycles. The summed E-state index contributed by atoms with van der Waals surface area (Å²) in [6, 6.07) is 0. The third-order valence-electron chi connectivity index (χ3n) is 1.82. The van der Waals surface area contributed by atoms with Gasteiger partial charge >= 0.3 is 12.1 Å². The molecule has 0 aliphatic carbocycles. The molecule has 20 heavy (non-hydrogen) atoms. The molecule has 1 aromatic rings. The zero-order chi connectivity index (χ0) is 16.0. The third-order valence-corrected chi connectivity index (χ3v) is 2.62. The number of aromatic amines is 1. The average molecular weight is 318 g/mol. The predicted octanol–water partition coefficient (Wildman–Crippen LogP) is 1.17. The first-order valence-electron chi connectivity index (χ1n) is 5.18. The van der Waals surface area contributed by atoms with Gasteiger partial charge in [0.05, 0.1) is 11.4 Å². The number of hydrogen-bond acceptors (Lipinski definition) is 4. The Morgan fingerprint density at radius 3 is 2.25 bits per heavy atom. The van der Waals surface area contributed by atoms with Crippen LogP contribution in [0.1, 0.15) is 17.9 Å². The summed E-state index contributed by atoms with van der Waals surface area (Å²) in [6.07, 6.45) is -2.41. The number of aromatic nitrogens is 2. The van der Waals surface area contributed by atoms with E-state index in [0.29, 0.717) is 12.8 Å². The van der Waals surface area contributed by atoms with E-state index in [2.05, 4.69) is 9.97 Å². The molecule has 0 atom stereocenters. The lowest BCUT2D eigenvalue weighted by Gasteiger charge is -1.94. The summed E-state index contributed by atoms with van der Waals surface area (Å²) in [6.45, 7) is 1.85. The van der Waals surface area contributed by atoms with Crippen molar-refractivity contribution in [3.8, 4) is 0 Å². The number of aliphatic carboxylic acids is 1. The number of hydrogen-bond donors (Lipinski definition) is 3. The summed E-state index contributed by atoms with van der Waals surface area (Å²) in [7, 11) is -3.83. The molecule has 1 aromatic heterocycles. The average Bonchev–Trinajstić information content (AvgIpc) is 2.61. The summed E-state index contributed by atoms with van der Waals surface area (Å²) in [5.41, 5.74) is 0.877. The molecule has 0 saturated heterocycles. The Kier molecular flexibility index (Phi) is 6.65. The van der Waals surface area contributed by atoms with Crippen LogP contribution in [-0.4, -0.2) is 45.9 Å². The van der Waals surface area contributed by atoms with Gasteiger partial charge in [0.2, 0.25) is 0 Å². The van der Waals surface area contributed by atoms with Gasteiger partial charge in [-0.2, -0.15) is 21.6 Å². The van der Waals surface area contributed by atoms with E-state index in [1.165, 1.54) is 0 Å². The number of rotatable bonds is 4. The molecule has 0 unspecified atom stereocenters. The SMILES string of the molecule is Cc1c[nH]c(CCCS(=O)(=O)O)n1.O=C(O)C(F)(F)F. The number of alkyl halides is 3. The molecule has 0 saturated carbocycles. The molecular weight excluding hydrogens is 305 g/mol. The molecule has 0 fully saturated rings. The van der Waals surface area contributed by atoms with Crippen LogP contribution in [-0.2, 0) is 21.3 Å². The van der Waals surface area contributed by atoms with Crippen LogP contribution in [0.2, 0.25) is 0 Å².